The van der Waals surface area contributed by atoms with Crippen LogP contribution in [0.4, 0.5) is 0 Å². The fourth-order valence-corrected chi connectivity index (χ4v) is 5.55. The van der Waals surface area contributed by atoms with E-state index in [0.717, 1.165) is 41.1 Å². The highest BCUT2D eigenvalue weighted by atomic mass is 32.1. The Labute approximate surface area is 191 Å². The van der Waals surface area contributed by atoms with E-state index < -0.39 is 5.41 Å². The van der Waals surface area contributed by atoms with Gasteiger partial charge in [0.1, 0.15) is 11.4 Å². The Bertz CT molecular complexity index is 1170. The third-order valence-corrected chi connectivity index (χ3v) is 7.75. The van der Waals surface area contributed by atoms with Crippen molar-refractivity contribution in [1.29, 1.82) is 0 Å². The SMILES string of the molecule is COc1ccc(C2(C(=O)N3CC[C@@H](n4nc(-c5cccs5)ccc4=O)[C@@H](C)C3)CC2)cc1. The first-order chi connectivity index (χ1) is 15.5. The molecule has 1 amide bonds. The molecule has 1 saturated carbocycles. The average Bonchev–Trinajstić information content (AvgIpc) is 3.45. The van der Waals surface area contributed by atoms with Crippen molar-refractivity contribution in [3.05, 3.63) is 69.8 Å². The summed E-state index contributed by atoms with van der Waals surface area (Å²) < 4.78 is 6.90. The number of carbonyl (C=O) groups is 1. The molecule has 2 aliphatic rings. The van der Waals surface area contributed by atoms with Crippen molar-refractivity contribution in [1.82, 2.24) is 14.7 Å². The van der Waals surface area contributed by atoms with Crippen LogP contribution in [0.2, 0.25) is 0 Å². The van der Waals surface area contributed by atoms with Gasteiger partial charge in [0, 0.05) is 19.2 Å². The van der Waals surface area contributed by atoms with Gasteiger partial charge in [0.05, 0.1) is 23.4 Å². The Hall–Kier alpha value is -2.93. The van der Waals surface area contributed by atoms with Crippen LogP contribution < -0.4 is 10.3 Å². The molecule has 0 spiro atoms. The highest BCUT2D eigenvalue weighted by Gasteiger charge is 2.53. The molecule has 6 nitrogen and oxygen atoms in total. The molecular weight excluding hydrogens is 422 g/mol. The molecule has 32 heavy (non-hydrogen) atoms. The van der Waals surface area contributed by atoms with Crippen LogP contribution in [0.3, 0.4) is 0 Å². The number of piperidine rings is 1. The summed E-state index contributed by atoms with van der Waals surface area (Å²) in [6.07, 6.45) is 2.50. The molecule has 166 valence electrons. The second-order valence-corrected chi connectivity index (χ2v) is 9.82. The van der Waals surface area contributed by atoms with Gasteiger partial charge < -0.3 is 9.64 Å². The molecule has 1 aliphatic heterocycles. The summed E-state index contributed by atoms with van der Waals surface area (Å²) in [5, 5.41) is 6.69. The molecule has 1 saturated heterocycles. The van der Waals surface area contributed by atoms with Gasteiger partial charge in [-0.05, 0) is 60.4 Å². The monoisotopic (exact) mass is 449 g/mol. The van der Waals surface area contributed by atoms with Crippen LogP contribution in [0.25, 0.3) is 10.6 Å². The van der Waals surface area contributed by atoms with Gasteiger partial charge in [-0.1, -0.05) is 25.1 Å². The summed E-state index contributed by atoms with van der Waals surface area (Å²) >= 11 is 1.61. The summed E-state index contributed by atoms with van der Waals surface area (Å²) in [6.45, 7) is 3.39. The van der Waals surface area contributed by atoms with Crippen LogP contribution in [0.1, 0.15) is 37.8 Å². The van der Waals surface area contributed by atoms with Crippen molar-refractivity contribution in [2.45, 2.75) is 37.6 Å². The molecule has 3 aromatic rings. The summed E-state index contributed by atoms with van der Waals surface area (Å²) in [6, 6.07) is 15.3. The molecule has 5 rings (SSSR count). The van der Waals surface area contributed by atoms with E-state index in [4.69, 9.17) is 4.74 Å². The van der Waals surface area contributed by atoms with Gasteiger partial charge >= 0.3 is 0 Å². The average molecular weight is 450 g/mol. The number of likely N-dealkylation sites (tertiary alicyclic amines) is 1. The number of rotatable bonds is 5. The number of amides is 1. The number of methoxy groups -OCH3 is 1. The van der Waals surface area contributed by atoms with Crippen molar-refractivity contribution < 1.29 is 9.53 Å². The smallest absolute Gasteiger partial charge is 0.267 e. The zero-order valence-electron chi connectivity index (χ0n) is 18.4. The minimum Gasteiger partial charge on any atom is -0.497 e. The summed E-state index contributed by atoms with van der Waals surface area (Å²) in [7, 11) is 1.65. The number of nitrogens with zero attached hydrogens (tertiary/aromatic N) is 3. The van der Waals surface area contributed by atoms with Gasteiger partial charge in [0.25, 0.3) is 5.56 Å². The highest BCUT2D eigenvalue weighted by Crippen LogP contribution is 2.50. The van der Waals surface area contributed by atoms with E-state index >= 15 is 0 Å². The van der Waals surface area contributed by atoms with Crippen molar-refractivity contribution >= 4 is 17.2 Å². The number of benzene rings is 1. The van der Waals surface area contributed by atoms with E-state index in [-0.39, 0.29) is 23.4 Å². The summed E-state index contributed by atoms with van der Waals surface area (Å²) in [5.41, 5.74) is 1.41. The van der Waals surface area contributed by atoms with E-state index in [1.807, 2.05) is 46.7 Å². The number of thiophene rings is 1. The maximum Gasteiger partial charge on any atom is 0.267 e. The van der Waals surface area contributed by atoms with Gasteiger partial charge in [0.2, 0.25) is 5.91 Å². The molecule has 0 unspecified atom stereocenters. The predicted octanol–water partition coefficient (Wildman–Crippen LogP) is 4.12. The van der Waals surface area contributed by atoms with E-state index in [2.05, 4.69) is 12.0 Å². The number of ether oxygens (including phenoxy) is 1. The number of aromatic nitrogens is 2. The van der Waals surface area contributed by atoms with Crippen molar-refractivity contribution in [3.8, 4) is 16.3 Å². The fourth-order valence-electron chi connectivity index (χ4n) is 4.86. The molecule has 0 N–H and O–H groups in total. The van der Waals surface area contributed by atoms with Crippen molar-refractivity contribution in [2.24, 2.45) is 5.92 Å². The van der Waals surface area contributed by atoms with Gasteiger partial charge in [-0.25, -0.2) is 4.68 Å². The molecule has 1 aromatic carbocycles. The largest absolute Gasteiger partial charge is 0.497 e. The summed E-state index contributed by atoms with van der Waals surface area (Å²) in [5.74, 6) is 1.15. The second kappa shape index (κ2) is 8.20. The Morgan fingerprint density at radius 3 is 2.56 bits per heavy atom. The van der Waals surface area contributed by atoms with Gasteiger partial charge in [-0.15, -0.1) is 11.3 Å². The molecule has 3 heterocycles. The molecule has 7 heteroatoms. The number of hydrogen-bond donors (Lipinski definition) is 0. The van der Waals surface area contributed by atoms with E-state index in [9.17, 15) is 9.59 Å². The maximum absolute atomic E-state index is 13.5. The first kappa shape index (κ1) is 20.9. The quantitative estimate of drug-likeness (QED) is 0.588. The first-order valence-corrected chi connectivity index (χ1v) is 12.0. The van der Waals surface area contributed by atoms with Crippen LogP contribution in [0, 0.1) is 5.92 Å². The van der Waals surface area contributed by atoms with Crippen LogP contribution in [-0.2, 0) is 10.2 Å². The Balaban J connectivity index is 1.33. The molecular formula is C25H27N3O3S. The van der Waals surface area contributed by atoms with Crippen LogP contribution >= 0.6 is 11.3 Å². The Kier molecular flexibility index (Phi) is 5.37. The molecule has 0 bridgehead atoms. The first-order valence-electron chi connectivity index (χ1n) is 11.1. The van der Waals surface area contributed by atoms with E-state index in [0.29, 0.717) is 13.1 Å². The lowest BCUT2D eigenvalue weighted by molar-refractivity contribution is -0.136. The Morgan fingerprint density at radius 1 is 1.16 bits per heavy atom. The second-order valence-electron chi connectivity index (χ2n) is 8.87. The highest BCUT2D eigenvalue weighted by molar-refractivity contribution is 7.13. The van der Waals surface area contributed by atoms with Gasteiger partial charge in [-0.2, -0.15) is 5.10 Å². The zero-order chi connectivity index (χ0) is 22.3. The van der Waals surface area contributed by atoms with E-state index in [1.54, 1.807) is 35.3 Å². The third-order valence-electron chi connectivity index (χ3n) is 6.86. The molecule has 1 aliphatic carbocycles. The van der Waals surface area contributed by atoms with Crippen molar-refractivity contribution in [3.63, 3.8) is 0 Å². The standard InChI is InChI=1S/C25H27N3O3S/c1-17-16-27(24(30)25(12-13-25)18-5-7-19(31-2)8-6-18)14-11-21(17)28-23(29)10-9-20(26-28)22-4-3-15-32-22/h3-10,15,17,21H,11-14,16H2,1-2H3/t17-,21+/m0/s1. The fraction of sp³-hybridized carbons (Fsp3) is 0.400. The minimum atomic E-state index is -0.396. The topological polar surface area (TPSA) is 64.4 Å². The van der Waals surface area contributed by atoms with Gasteiger partial charge in [0.15, 0.2) is 0 Å². The lowest BCUT2D eigenvalue weighted by atomic mass is 9.89. The van der Waals surface area contributed by atoms with Crippen LogP contribution in [0.5, 0.6) is 5.75 Å². The molecule has 2 aromatic heterocycles. The van der Waals surface area contributed by atoms with Crippen LogP contribution in [0.15, 0.2) is 58.7 Å². The zero-order valence-corrected chi connectivity index (χ0v) is 19.2. The van der Waals surface area contributed by atoms with E-state index in [1.165, 1.54) is 0 Å². The summed E-state index contributed by atoms with van der Waals surface area (Å²) in [4.78, 5) is 29.2. The van der Waals surface area contributed by atoms with Gasteiger partial charge in [-0.3, -0.25) is 9.59 Å². The van der Waals surface area contributed by atoms with Crippen LogP contribution in [-0.4, -0.2) is 40.8 Å². The lowest BCUT2D eigenvalue weighted by Crippen LogP contribution is -2.49. The molecule has 2 fully saturated rings. The Morgan fingerprint density at radius 2 is 1.94 bits per heavy atom. The normalized spacial score (nSPS) is 21.9. The molecule has 0 radical (unpaired) electrons. The maximum atomic E-state index is 13.5. The third kappa shape index (κ3) is 3.64. The lowest BCUT2D eigenvalue weighted by Gasteiger charge is -2.39. The number of hydrogen-bond acceptors (Lipinski definition) is 5. The molecule has 2 atom stereocenters. The number of carbonyl (C=O) groups excluding carboxylic acids is 1. The predicted molar refractivity (Wildman–Crippen MR) is 125 cm³/mol. The van der Waals surface area contributed by atoms with Crippen molar-refractivity contribution in [2.75, 3.05) is 20.2 Å². The minimum absolute atomic E-state index is 0.0115.